The lowest BCUT2D eigenvalue weighted by Crippen LogP contribution is -2.35. The lowest BCUT2D eigenvalue weighted by Gasteiger charge is -2.28. The standard InChI is InChI=1S/C15H25N3O2/c1-10(13-5-4-6-16-8-13)7-15(19)17-9-14-11(2)18-20-12(14)3/h10,13,16H,4-9H2,1-3H3,(H,17,19). The van der Waals surface area contributed by atoms with Crippen molar-refractivity contribution in [2.24, 2.45) is 11.8 Å². The van der Waals surface area contributed by atoms with Crippen LogP contribution >= 0.6 is 0 Å². The van der Waals surface area contributed by atoms with Gasteiger partial charge in [0.05, 0.1) is 5.69 Å². The molecule has 1 aromatic rings. The van der Waals surface area contributed by atoms with Gasteiger partial charge in [-0.15, -0.1) is 0 Å². The van der Waals surface area contributed by atoms with Gasteiger partial charge < -0.3 is 15.2 Å². The lowest BCUT2D eigenvalue weighted by molar-refractivity contribution is -0.122. The van der Waals surface area contributed by atoms with E-state index in [1.165, 1.54) is 12.8 Å². The van der Waals surface area contributed by atoms with Crippen LogP contribution in [0.4, 0.5) is 0 Å². The van der Waals surface area contributed by atoms with Gasteiger partial charge in [-0.2, -0.15) is 0 Å². The van der Waals surface area contributed by atoms with Gasteiger partial charge in [0.25, 0.3) is 0 Å². The second kappa shape index (κ2) is 6.88. The third kappa shape index (κ3) is 3.82. The molecule has 1 aliphatic rings. The average Bonchev–Trinajstić information content (AvgIpc) is 2.77. The molecule has 2 N–H and O–H groups in total. The number of hydrogen-bond acceptors (Lipinski definition) is 4. The first-order valence-electron chi connectivity index (χ1n) is 7.47. The summed E-state index contributed by atoms with van der Waals surface area (Å²) in [7, 11) is 0. The third-order valence-corrected chi connectivity index (χ3v) is 4.29. The van der Waals surface area contributed by atoms with E-state index in [1.54, 1.807) is 0 Å². The van der Waals surface area contributed by atoms with E-state index in [-0.39, 0.29) is 5.91 Å². The molecule has 0 spiro atoms. The van der Waals surface area contributed by atoms with Gasteiger partial charge in [0, 0.05) is 18.5 Å². The van der Waals surface area contributed by atoms with Crippen LogP contribution in [-0.4, -0.2) is 24.2 Å². The van der Waals surface area contributed by atoms with Crippen molar-refractivity contribution in [1.29, 1.82) is 0 Å². The van der Waals surface area contributed by atoms with Crippen LogP contribution in [-0.2, 0) is 11.3 Å². The fourth-order valence-electron chi connectivity index (χ4n) is 2.84. The van der Waals surface area contributed by atoms with Gasteiger partial charge in [-0.1, -0.05) is 12.1 Å². The molecule has 0 saturated carbocycles. The molecule has 1 aromatic heterocycles. The van der Waals surface area contributed by atoms with Gasteiger partial charge in [0.15, 0.2) is 0 Å². The molecular formula is C15H25N3O2. The highest BCUT2D eigenvalue weighted by Gasteiger charge is 2.22. The van der Waals surface area contributed by atoms with Gasteiger partial charge >= 0.3 is 0 Å². The molecule has 0 radical (unpaired) electrons. The molecule has 0 bridgehead atoms. The monoisotopic (exact) mass is 279 g/mol. The van der Waals surface area contributed by atoms with Gasteiger partial charge in [-0.25, -0.2) is 0 Å². The maximum absolute atomic E-state index is 12.0. The van der Waals surface area contributed by atoms with E-state index in [0.717, 1.165) is 30.1 Å². The van der Waals surface area contributed by atoms with Crippen LogP contribution in [0, 0.1) is 25.7 Å². The zero-order chi connectivity index (χ0) is 14.5. The van der Waals surface area contributed by atoms with Crippen molar-refractivity contribution in [3.63, 3.8) is 0 Å². The van der Waals surface area contributed by atoms with Crippen molar-refractivity contribution in [2.45, 2.75) is 46.6 Å². The number of nitrogens with one attached hydrogen (secondary N) is 2. The number of hydrogen-bond donors (Lipinski definition) is 2. The molecule has 1 saturated heterocycles. The average molecular weight is 279 g/mol. The van der Waals surface area contributed by atoms with Crippen LogP contribution in [0.5, 0.6) is 0 Å². The van der Waals surface area contributed by atoms with Crippen molar-refractivity contribution in [3.05, 3.63) is 17.0 Å². The summed E-state index contributed by atoms with van der Waals surface area (Å²) < 4.78 is 5.09. The molecule has 0 aromatic carbocycles. The van der Waals surface area contributed by atoms with Gasteiger partial charge in [0.1, 0.15) is 5.76 Å². The molecule has 2 atom stereocenters. The molecule has 2 heterocycles. The topological polar surface area (TPSA) is 67.2 Å². The van der Waals surface area contributed by atoms with E-state index in [0.29, 0.717) is 24.8 Å². The molecule has 5 nitrogen and oxygen atoms in total. The summed E-state index contributed by atoms with van der Waals surface area (Å²) in [6, 6.07) is 0. The van der Waals surface area contributed by atoms with Crippen molar-refractivity contribution in [2.75, 3.05) is 13.1 Å². The van der Waals surface area contributed by atoms with Crippen LogP contribution in [0.2, 0.25) is 0 Å². The minimum atomic E-state index is 0.114. The van der Waals surface area contributed by atoms with E-state index in [9.17, 15) is 4.79 Å². The van der Waals surface area contributed by atoms with Gasteiger partial charge in [0.2, 0.25) is 5.91 Å². The number of rotatable bonds is 5. The largest absolute Gasteiger partial charge is 0.361 e. The Morgan fingerprint density at radius 3 is 2.95 bits per heavy atom. The first-order chi connectivity index (χ1) is 9.58. The number of carbonyl (C=O) groups is 1. The Morgan fingerprint density at radius 2 is 2.35 bits per heavy atom. The first-order valence-corrected chi connectivity index (χ1v) is 7.47. The summed E-state index contributed by atoms with van der Waals surface area (Å²) >= 11 is 0. The second-order valence-electron chi connectivity index (χ2n) is 5.87. The van der Waals surface area contributed by atoms with Crippen LogP contribution in [0.15, 0.2) is 4.52 Å². The predicted molar refractivity (Wildman–Crippen MR) is 77.2 cm³/mol. The smallest absolute Gasteiger partial charge is 0.220 e. The van der Waals surface area contributed by atoms with Crippen molar-refractivity contribution >= 4 is 5.91 Å². The Kier molecular flexibility index (Phi) is 5.17. The molecule has 0 aliphatic carbocycles. The van der Waals surface area contributed by atoms with E-state index in [4.69, 9.17) is 4.52 Å². The summed E-state index contributed by atoms with van der Waals surface area (Å²) in [5, 5.41) is 10.3. The number of amides is 1. The molecule has 2 rings (SSSR count). The molecule has 5 heteroatoms. The number of aryl methyl sites for hydroxylation is 2. The Labute approximate surface area is 120 Å². The van der Waals surface area contributed by atoms with Crippen molar-refractivity contribution < 1.29 is 9.32 Å². The fourth-order valence-corrected chi connectivity index (χ4v) is 2.84. The molecule has 1 fully saturated rings. The van der Waals surface area contributed by atoms with Crippen LogP contribution in [0.25, 0.3) is 0 Å². The van der Waals surface area contributed by atoms with Gasteiger partial charge in [-0.3, -0.25) is 4.79 Å². The van der Waals surface area contributed by atoms with E-state index < -0.39 is 0 Å². The maximum atomic E-state index is 12.0. The molecule has 1 aliphatic heterocycles. The van der Waals surface area contributed by atoms with Gasteiger partial charge in [-0.05, 0) is 51.6 Å². The van der Waals surface area contributed by atoms with Crippen LogP contribution in [0.3, 0.4) is 0 Å². The summed E-state index contributed by atoms with van der Waals surface area (Å²) in [6.07, 6.45) is 3.04. The number of carbonyl (C=O) groups excluding carboxylic acids is 1. The summed E-state index contributed by atoms with van der Waals surface area (Å²) in [5.74, 6) is 1.94. The van der Waals surface area contributed by atoms with E-state index in [1.807, 2.05) is 13.8 Å². The quantitative estimate of drug-likeness (QED) is 0.864. The Morgan fingerprint density at radius 1 is 1.55 bits per heavy atom. The van der Waals surface area contributed by atoms with Crippen LogP contribution < -0.4 is 10.6 Å². The molecule has 112 valence electrons. The number of aromatic nitrogens is 1. The highest BCUT2D eigenvalue weighted by atomic mass is 16.5. The molecule has 1 amide bonds. The number of piperidine rings is 1. The summed E-state index contributed by atoms with van der Waals surface area (Å²) in [4.78, 5) is 12.0. The minimum Gasteiger partial charge on any atom is -0.361 e. The highest BCUT2D eigenvalue weighted by molar-refractivity contribution is 5.76. The first kappa shape index (κ1) is 15.0. The second-order valence-corrected chi connectivity index (χ2v) is 5.87. The Hall–Kier alpha value is -1.36. The molecule has 2 unspecified atom stereocenters. The fraction of sp³-hybridized carbons (Fsp3) is 0.733. The zero-order valence-electron chi connectivity index (χ0n) is 12.7. The van der Waals surface area contributed by atoms with E-state index >= 15 is 0 Å². The normalized spacial score (nSPS) is 20.6. The van der Waals surface area contributed by atoms with E-state index in [2.05, 4.69) is 22.7 Å². The molecular weight excluding hydrogens is 254 g/mol. The number of nitrogens with zero attached hydrogens (tertiary/aromatic N) is 1. The SMILES string of the molecule is Cc1noc(C)c1CNC(=O)CC(C)C1CCCNC1. The predicted octanol–water partition coefficient (Wildman–Crippen LogP) is 1.93. The van der Waals surface area contributed by atoms with Crippen LogP contribution in [0.1, 0.15) is 43.2 Å². The maximum Gasteiger partial charge on any atom is 0.220 e. The minimum absolute atomic E-state index is 0.114. The third-order valence-electron chi connectivity index (χ3n) is 4.29. The zero-order valence-corrected chi connectivity index (χ0v) is 12.7. The Balaban J connectivity index is 1.77. The lowest BCUT2D eigenvalue weighted by atomic mass is 9.85. The highest BCUT2D eigenvalue weighted by Crippen LogP contribution is 2.22. The summed E-state index contributed by atoms with van der Waals surface area (Å²) in [6.45, 7) is 8.61. The van der Waals surface area contributed by atoms with Crippen molar-refractivity contribution in [3.8, 4) is 0 Å². The molecule has 20 heavy (non-hydrogen) atoms. The van der Waals surface area contributed by atoms with Crippen molar-refractivity contribution in [1.82, 2.24) is 15.8 Å². The summed E-state index contributed by atoms with van der Waals surface area (Å²) in [5.41, 5.74) is 1.85. The Bertz CT molecular complexity index is 430.